The Hall–Kier alpha value is -2.16. The topological polar surface area (TPSA) is 39.8 Å². The van der Waals surface area contributed by atoms with Gasteiger partial charge in [-0.3, -0.25) is 0 Å². The first kappa shape index (κ1) is 9.09. The monoisotopic (exact) mass is 210 g/mol. The van der Waals surface area contributed by atoms with Gasteiger partial charge in [-0.15, -0.1) is 0 Å². The maximum absolute atomic E-state index is 11.8. The Balaban J connectivity index is 2.59. The predicted molar refractivity (Wildman–Crippen MR) is 62.9 cm³/mol. The molecule has 0 radical (unpaired) electrons. The quantitative estimate of drug-likeness (QED) is 0.324. The normalized spacial score (nSPS) is 11.1. The van der Waals surface area contributed by atoms with Crippen LogP contribution in [0.2, 0.25) is 0 Å². The van der Waals surface area contributed by atoms with Gasteiger partial charge in [0.25, 0.3) is 5.52 Å². The highest BCUT2D eigenvalue weighted by Gasteiger charge is 2.10. The molecule has 0 spiro atoms. The number of rotatable bonds is 0. The molecule has 0 aliphatic carbocycles. The second-order valence-corrected chi connectivity index (χ2v) is 3.91. The second kappa shape index (κ2) is 3.17. The van der Waals surface area contributed by atoms with Crippen molar-refractivity contribution in [3.63, 3.8) is 0 Å². The number of aromatic nitrogens is 2. The summed E-state index contributed by atoms with van der Waals surface area (Å²) in [5.74, 6) is 0. The van der Waals surface area contributed by atoms with Gasteiger partial charge in [-0.1, -0.05) is 24.3 Å². The minimum Gasteiger partial charge on any atom is -0.594 e. The third-order valence-corrected chi connectivity index (χ3v) is 2.75. The first-order valence-corrected chi connectivity index (χ1v) is 5.15. The molecule has 0 atom stereocenters. The fourth-order valence-corrected chi connectivity index (χ4v) is 1.97. The molecule has 0 amide bonds. The van der Waals surface area contributed by atoms with Gasteiger partial charge < -0.3 is 5.21 Å². The van der Waals surface area contributed by atoms with E-state index in [2.05, 4.69) is 5.10 Å². The van der Waals surface area contributed by atoms with Crippen LogP contribution in [0.15, 0.2) is 42.5 Å². The molecule has 0 aliphatic heterocycles. The third kappa shape index (κ3) is 1.21. The van der Waals surface area contributed by atoms with Gasteiger partial charge >= 0.3 is 0 Å². The van der Waals surface area contributed by atoms with Gasteiger partial charge in [-0.25, -0.2) is 0 Å². The summed E-state index contributed by atoms with van der Waals surface area (Å²) in [5.41, 5.74) is 2.42. The molecule has 0 saturated heterocycles. The molecule has 3 heteroatoms. The minimum atomic E-state index is 0.624. The van der Waals surface area contributed by atoms with E-state index in [1.165, 1.54) is 0 Å². The van der Waals surface area contributed by atoms with Crippen LogP contribution in [0.5, 0.6) is 0 Å². The van der Waals surface area contributed by atoms with Crippen LogP contribution in [0, 0.1) is 12.1 Å². The molecular weight excluding hydrogens is 200 g/mol. The summed E-state index contributed by atoms with van der Waals surface area (Å²) in [6.07, 6.45) is 0. The number of hydrogen-bond donors (Lipinski definition) is 0. The van der Waals surface area contributed by atoms with Crippen molar-refractivity contribution in [2.24, 2.45) is 0 Å². The fourth-order valence-electron chi connectivity index (χ4n) is 1.97. The Morgan fingerprint density at radius 1 is 1.06 bits per heavy atom. The van der Waals surface area contributed by atoms with E-state index in [1.54, 1.807) is 0 Å². The van der Waals surface area contributed by atoms with Gasteiger partial charge in [0.15, 0.2) is 0 Å². The fraction of sp³-hybridized carbons (Fsp3) is 0.0769. The maximum atomic E-state index is 11.8. The van der Waals surface area contributed by atoms with E-state index < -0.39 is 0 Å². The van der Waals surface area contributed by atoms with Crippen LogP contribution < -0.4 is 4.85 Å². The van der Waals surface area contributed by atoms with Gasteiger partial charge in [0, 0.05) is 16.6 Å². The zero-order valence-corrected chi connectivity index (χ0v) is 8.84. The lowest BCUT2D eigenvalue weighted by atomic mass is 10.1. The lowest BCUT2D eigenvalue weighted by Crippen LogP contribution is -2.31. The molecule has 0 saturated carbocycles. The predicted octanol–water partition coefficient (Wildman–Crippen LogP) is 2.33. The number of nitrogens with zero attached hydrogens (tertiary/aromatic N) is 2. The average molecular weight is 210 g/mol. The molecule has 2 aromatic carbocycles. The summed E-state index contributed by atoms with van der Waals surface area (Å²) in [4.78, 5) is 0.699. The molecule has 16 heavy (non-hydrogen) atoms. The molecule has 0 N–H and O–H groups in total. The summed E-state index contributed by atoms with van der Waals surface area (Å²) < 4.78 is 0. The van der Waals surface area contributed by atoms with Crippen molar-refractivity contribution in [1.29, 1.82) is 0 Å². The van der Waals surface area contributed by atoms with Gasteiger partial charge in [-0.2, -0.15) is 0 Å². The zero-order chi connectivity index (χ0) is 11.1. The van der Waals surface area contributed by atoms with Crippen molar-refractivity contribution in [3.05, 3.63) is 53.2 Å². The van der Waals surface area contributed by atoms with Gasteiger partial charge in [0.2, 0.25) is 0 Å². The molecule has 0 bridgehead atoms. The SMILES string of the molecule is Cc1ccc2c3ccccc3n[n+]([O-])c2c1. The molecule has 0 aliphatic rings. The van der Waals surface area contributed by atoms with E-state index >= 15 is 0 Å². The third-order valence-electron chi connectivity index (χ3n) is 2.75. The Morgan fingerprint density at radius 3 is 2.75 bits per heavy atom. The van der Waals surface area contributed by atoms with E-state index in [-0.39, 0.29) is 0 Å². The maximum Gasteiger partial charge on any atom is 0.253 e. The highest BCUT2D eigenvalue weighted by atomic mass is 16.5. The smallest absolute Gasteiger partial charge is 0.253 e. The molecule has 1 aromatic heterocycles. The van der Waals surface area contributed by atoms with Crippen LogP contribution in [0.4, 0.5) is 0 Å². The van der Waals surface area contributed by atoms with Crippen molar-refractivity contribution in [1.82, 2.24) is 5.10 Å². The first-order valence-electron chi connectivity index (χ1n) is 5.15. The summed E-state index contributed by atoms with van der Waals surface area (Å²) >= 11 is 0. The Morgan fingerprint density at radius 2 is 1.88 bits per heavy atom. The van der Waals surface area contributed by atoms with Crippen LogP contribution in [0.25, 0.3) is 21.8 Å². The van der Waals surface area contributed by atoms with Crippen molar-refractivity contribution in [2.45, 2.75) is 6.92 Å². The summed E-state index contributed by atoms with van der Waals surface area (Å²) in [7, 11) is 0. The molecule has 3 nitrogen and oxygen atoms in total. The summed E-state index contributed by atoms with van der Waals surface area (Å²) in [6, 6.07) is 13.5. The highest BCUT2D eigenvalue weighted by Crippen LogP contribution is 2.21. The minimum absolute atomic E-state index is 0.624. The number of aryl methyl sites for hydroxylation is 1. The number of benzene rings is 2. The van der Waals surface area contributed by atoms with E-state index in [1.807, 2.05) is 49.4 Å². The molecule has 78 valence electrons. The first-order chi connectivity index (χ1) is 7.75. The van der Waals surface area contributed by atoms with Crippen molar-refractivity contribution >= 4 is 21.8 Å². The summed E-state index contributed by atoms with van der Waals surface area (Å²) in [6.45, 7) is 1.97. The van der Waals surface area contributed by atoms with Gasteiger partial charge in [0.05, 0.1) is 5.39 Å². The van der Waals surface area contributed by atoms with Gasteiger partial charge in [-0.05, 0) is 29.5 Å². The Kier molecular flexibility index (Phi) is 1.80. The molecule has 0 fully saturated rings. The van der Waals surface area contributed by atoms with Crippen LogP contribution in [-0.2, 0) is 0 Å². The molecular formula is C13H10N2O. The number of hydrogen-bond acceptors (Lipinski definition) is 2. The van der Waals surface area contributed by atoms with E-state index in [0.29, 0.717) is 10.4 Å². The zero-order valence-electron chi connectivity index (χ0n) is 8.84. The lowest BCUT2D eigenvalue weighted by Gasteiger charge is -2.03. The van der Waals surface area contributed by atoms with E-state index in [4.69, 9.17) is 0 Å². The van der Waals surface area contributed by atoms with E-state index in [0.717, 1.165) is 21.9 Å². The standard InChI is InChI=1S/C13H10N2O/c1-9-6-7-11-10-4-2-3-5-12(10)14-15(16)13(11)8-9/h2-8H,1H3. The lowest BCUT2D eigenvalue weighted by molar-refractivity contribution is -0.639. The van der Waals surface area contributed by atoms with Crippen molar-refractivity contribution in [3.8, 4) is 0 Å². The highest BCUT2D eigenvalue weighted by molar-refractivity contribution is 6.02. The van der Waals surface area contributed by atoms with Crippen LogP contribution in [0.1, 0.15) is 5.56 Å². The Labute approximate surface area is 92.5 Å². The van der Waals surface area contributed by atoms with Gasteiger partial charge in [0.1, 0.15) is 5.52 Å². The molecule has 0 unspecified atom stereocenters. The van der Waals surface area contributed by atoms with Crippen LogP contribution in [-0.4, -0.2) is 5.10 Å². The van der Waals surface area contributed by atoms with Crippen molar-refractivity contribution < 1.29 is 4.85 Å². The molecule has 1 heterocycles. The molecule has 3 rings (SSSR count). The van der Waals surface area contributed by atoms with Crippen LogP contribution >= 0.6 is 0 Å². The number of fused-ring (bicyclic) bond motifs is 3. The Bertz CT molecular complexity index is 692. The summed E-state index contributed by atoms with van der Waals surface area (Å²) in [5, 5.41) is 17.7. The van der Waals surface area contributed by atoms with Crippen molar-refractivity contribution in [2.75, 3.05) is 0 Å². The molecule has 3 aromatic rings. The van der Waals surface area contributed by atoms with E-state index in [9.17, 15) is 5.21 Å². The largest absolute Gasteiger partial charge is 0.594 e. The van der Waals surface area contributed by atoms with Crippen LogP contribution in [0.3, 0.4) is 0 Å². The second-order valence-electron chi connectivity index (χ2n) is 3.91. The average Bonchev–Trinajstić information content (AvgIpc) is 2.29.